The first-order valence-corrected chi connectivity index (χ1v) is 6.86. The van der Waals surface area contributed by atoms with Gasteiger partial charge in [-0.1, -0.05) is 23.7 Å². The average molecular weight is 253 g/mol. The Morgan fingerprint density at radius 2 is 2.00 bits per heavy atom. The van der Waals surface area contributed by atoms with Crippen molar-refractivity contribution in [3.05, 3.63) is 34.9 Å². The zero-order valence-electron chi connectivity index (χ0n) is 10.4. The minimum atomic E-state index is 0.398. The smallest absolute Gasteiger partial charge is 0.0406 e. The van der Waals surface area contributed by atoms with Crippen molar-refractivity contribution < 1.29 is 0 Å². The second-order valence-corrected chi connectivity index (χ2v) is 5.25. The molecule has 0 saturated carbocycles. The number of rotatable bonds is 3. The molecular weight excluding hydrogens is 232 g/mol. The monoisotopic (exact) mass is 252 g/mol. The highest BCUT2D eigenvalue weighted by molar-refractivity contribution is 6.30. The molecule has 1 aromatic rings. The average Bonchev–Trinajstić information content (AvgIpc) is 2.58. The summed E-state index contributed by atoms with van der Waals surface area (Å²) in [6, 6.07) is 9.17. The molecule has 1 aliphatic rings. The van der Waals surface area contributed by atoms with Gasteiger partial charge >= 0.3 is 0 Å². The fourth-order valence-corrected chi connectivity index (χ4v) is 2.51. The Morgan fingerprint density at radius 3 is 2.76 bits per heavy atom. The maximum absolute atomic E-state index is 5.90. The van der Waals surface area contributed by atoms with E-state index in [1.54, 1.807) is 0 Å². The molecule has 0 aliphatic carbocycles. The van der Waals surface area contributed by atoms with Crippen LogP contribution in [0.25, 0.3) is 0 Å². The van der Waals surface area contributed by atoms with E-state index in [4.69, 9.17) is 11.6 Å². The van der Waals surface area contributed by atoms with Gasteiger partial charge < -0.3 is 10.6 Å². The molecule has 94 valence electrons. The summed E-state index contributed by atoms with van der Waals surface area (Å²) in [5.41, 5.74) is 1.31. The summed E-state index contributed by atoms with van der Waals surface area (Å²) in [4.78, 5) is 0. The van der Waals surface area contributed by atoms with Gasteiger partial charge in [-0.05, 0) is 57.0 Å². The van der Waals surface area contributed by atoms with E-state index in [0.717, 1.165) is 18.1 Å². The molecule has 0 radical (unpaired) electrons. The summed E-state index contributed by atoms with van der Waals surface area (Å²) < 4.78 is 0. The fraction of sp³-hybridized carbons (Fsp3) is 0.571. The highest BCUT2D eigenvalue weighted by atomic mass is 35.5. The highest BCUT2D eigenvalue weighted by Crippen LogP contribution is 2.18. The molecule has 1 saturated heterocycles. The van der Waals surface area contributed by atoms with Crippen LogP contribution in [-0.2, 0) is 0 Å². The Labute approximate surface area is 109 Å². The van der Waals surface area contributed by atoms with E-state index >= 15 is 0 Å². The first-order valence-electron chi connectivity index (χ1n) is 6.48. The molecule has 2 N–H and O–H groups in total. The molecular formula is C14H21ClN2. The SMILES string of the molecule is CC(NC1CCCNCC1)c1ccc(Cl)cc1. The third-order valence-corrected chi connectivity index (χ3v) is 3.68. The number of hydrogen-bond acceptors (Lipinski definition) is 2. The second kappa shape index (κ2) is 6.39. The van der Waals surface area contributed by atoms with E-state index in [-0.39, 0.29) is 0 Å². The quantitative estimate of drug-likeness (QED) is 0.864. The van der Waals surface area contributed by atoms with Crippen molar-refractivity contribution in [1.82, 2.24) is 10.6 Å². The Morgan fingerprint density at radius 1 is 1.24 bits per heavy atom. The molecule has 2 atom stereocenters. The summed E-state index contributed by atoms with van der Waals surface area (Å²) in [6.45, 7) is 4.51. The Kier molecular flexibility index (Phi) is 4.84. The lowest BCUT2D eigenvalue weighted by Crippen LogP contribution is -2.32. The zero-order valence-corrected chi connectivity index (χ0v) is 11.1. The van der Waals surface area contributed by atoms with Gasteiger partial charge in [0.1, 0.15) is 0 Å². The standard InChI is InChI=1S/C14H21ClN2/c1-11(12-4-6-13(15)7-5-12)17-14-3-2-9-16-10-8-14/h4-7,11,14,16-17H,2-3,8-10H2,1H3. The normalized spacial score (nSPS) is 23.1. The molecule has 0 bridgehead atoms. The first-order chi connectivity index (χ1) is 8.25. The molecule has 1 aromatic carbocycles. The van der Waals surface area contributed by atoms with Gasteiger partial charge in [-0.3, -0.25) is 0 Å². The minimum Gasteiger partial charge on any atom is -0.317 e. The molecule has 0 aromatic heterocycles. The summed E-state index contributed by atoms with van der Waals surface area (Å²) in [6.07, 6.45) is 3.76. The number of hydrogen-bond donors (Lipinski definition) is 2. The van der Waals surface area contributed by atoms with Gasteiger partial charge in [0.05, 0.1) is 0 Å². The summed E-state index contributed by atoms with van der Waals surface area (Å²) in [5, 5.41) is 7.96. The Balaban J connectivity index is 1.91. The third kappa shape index (κ3) is 3.98. The lowest BCUT2D eigenvalue weighted by molar-refractivity contribution is 0.421. The van der Waals surface area contributed by atoms with Crippen molar-refractivity contribution in [2.75, 3.05) is 13.1 Å². The highest BCUT2D eigenvalue weighted by Gasteiger charge is 2.14. The van der Waals surface area contributed by atoms with E-state index in [0.29, 0.717) is 12.1 Å². The summed E-state index contributed by atoms with van der Waals surface area (Å²) in [7, 11) is 0. The van der Waals surface area contributed by atoms with Gasteiger partial charge in [0.15, 0.2) is 0 Å². The number of benzene rings is 1. The molecule has 2 rings (SSSR count). The largest absolute Gasteiger partial charge is 0.317 e. The van der Waals surface area contributed by atoms with Gasteiger partial charge in [0, 0.05) is 17.1 Å². The molecule has 2 unspecified atom stereocenters. The van der Waals surface area contributed by atoms with Crippen LogP contribution in [0.5, 0.6) is 0 Å². The van der Waals surface area contributed by atoms with Gasteiger partial charge in [-0.2, -0.15) is 0 Å². The molecule has 0 spiro atoms. The Bertz CT molecular complexity index is 329. The molecule has 1 heterocycles. The van der Waals surface area contributed by atoms with Gasteiger partial charge in [-0.15, -0.1) is 0 Å². The van der Waals surface area contributed by atoms with Crippen molar-refractivity contribution in [2.45, 2.75) is 38.3 Å². The predicted molar refractivity (Wildman–Crippen MR) is 73.5 cm³/mol. The van der Waals surface area contributed by atoms with Crippen LogP contribution in [0, 0.1) is 0 Å². The van der Waals surface area contributed by atoms with Crippen LogP contribution in [0.2, 0.25) is 5.02 Å². The van der Waals surface area contributed by atoms with Crippen LogP contribution >= 0.6 is 11.6 Å². The molecule has 17 heavy (non-hydrogen) atoms. The van der Waals surface area contributed by atoms with Crippen molar-refractivity contribution >= 4 is 11.6 Å². The fourth-order valence-electron chi connectivity index (χ4n) is 2.39. The van der Waals surface area contributed by atoms with Gasteiger partial charge in [0.25, 0.3) is 0 Å². The molecule has 1 fully saturated rings. The van der Waals surface area contributed by atoms with Gasteiger partial charge in [-0.25, -0.2) is 0 Å². The number of nitrogens with one attached hydrogen (secondary N) is 2. The van der Waals surface area contributed by atoms with E-state index in [1.807, 2.05) is 12.1 Å². The van der Waals surface area contributed by atoms with Crippen molar-refractivity contribution in [3.63, 3.8) is 0 Å². The molecule has 0 amide bonds. The topological polar surface area (TPSA) is 24.1 Å². The lowest BCUT2D eigenvalue weighted by Gasteiger charge is -2.22. The van der Waals surface area contributed by atoms with Crippen molar-refractivity contribution in [2.24, 2.45) is 0 Å². The van der Waals surface area contributed by atoms with Crippen LogP contribution in [0.1, 0.15) is 37.8 Å². The van der Waals surface area contributed by atoms with Crippen molar-refractivity contribution in [3.8, 4) is 0 Å². The van der Waals surface area contributed by atoms with Crippen LogP contribution in [-0.4, -0.2) is 19.1 Å². The maximum Gasteiger partial charge on any atom is 0.0406 e. The van der Waals surface area contributed by atoms with E-state index < -0.39 is 0 Å². The zero-order chi connectivity index (χ0) is 12.1. The Hall–Kier alpha value is -0.570. The third-order valence-electron chi connectivity index (χ3n) is 3.43. The maximum atomic E-state index is 5.90. The van der Waals surface area contributed by atoms with Crippen LogP contribution < -0.4 is 10.6 Å². The van der Waals surface area contributed by atoms with Crippen LogP contribution in [0.3, 0.4) is 0 Å². The van der Waals surface area contributed by atoms with E-state index in [9.17, 15) is 0 Å². The van der Waals surface area contributed by atoms with Crippen LogP contribution in [0.15, 0.2) is 24.3 Å². The predicted octanol–water partition coefficient (Wildman–Crippen LogP) is 3.13. The summed E-state index contributed by atoms with van der Waals surface area (Å²) >= 11 is 5.90. The lowest BCUT2D eigenvalue weighted by atomic mass is 10.0. The van der Waals surface area contributed by atoms with E-state index in [2.05, 4.69) is 29.7 Å². The van der Waals surface area contributed by atoms with Gasteiger partial charge in [0.2, 0.25) is 0 Å². The minimum absolute atomic E-state index is 0.398. The van der Waals surface area contributed by atoms with Crippen molar-refractivity contribution in [1.29, 1.82) is 0 Å². The summed E-state index contributed by atoms with van der Waals surface area (Å²) in [5.74, 6) is 0. The molecule has 1 aliphatic heterocycles. The molecule has 3 heteroatoms. The first kappa shape index (κ1) is 12.9. The van der Waals surface area contributed by atoms with E-state index in [1.165, 1.54) is 24.8 Å². The molecule has 2 nitrogen and oxygen atoms in total. The second-order valence-electron chi connectivity index (χ2n) is 4.82. The van der Waals surface area contributed by atoms with Crippen LogP contribution in [0.4, 0.5) is 0 Å². The number of halogens is 1.